The van der Waals surface area contributed by atoms with Gasteiger partial charge in [0.1, 0.15) is 11.6 Å². The standard InChI is InChI=1S/C9H14N4O2S/c10-8-5-13-9(6-11-8)12-4-7-2-1-3-16(7,14)15/h5-7H,1-4H2,(H2,10,11)(H,12,13). The van der Waals surface area contributed by atoms with Gasteiger partial charge in [-0.2, -0.15) is 0 Å². The van der Waals surface area contributed by atoms with Crippen molar-refractivity contribution in [1.82, 2.24) is 9.97 Å². The van der Waals surface area contributed by atoms with E-state index in [1.54, 1.807) is 0 Å². The number of nitrogens with zero attached hydrogens (tertiary/aromatic N) is 2. The third kappa shape index (κ3) is 2.41. The maximum Gasteiger partial charge on any atom is 0.154 e. The largest absolute Gasteiger partial charge is 0.382 e. The Morgan fingerprint density at radius 1 is 1.44 bits per heavy atom. The molecule has 0 aromatic carbocycles. The molecular weight excluding hydrogens is 228 g/mol. The average Bonchev–Trinajstić information content (AvgIpc) is 2.57. The summed E-state index contributed by atoms with van der Waals surface area (Å²) >= 11 is 0. The molecule has 7 heteroatoms. The molecule has 0 spiro atoms. The van der Waals surface area contributed by atoms with Gasteiger partial charge in [-0.3, -0.25) is 0 Å². The van der Waals surface area contributed by atoms with Crippen molar-refractivity contribution in [2.45, 2.75) is 18.1 Å². The van der Waals surface area contributed by atoms with Gasteiger partial charge in [-0.1, -0.05) is 0 Å². The zero-order valence-corrected chi connectivity index (χ0v) is 9.57. The first-order valence-electron chi connectivity index (χ1n) is 5.11. The highest BCUT2D eigenvalue weighted by Crippen LogP contribution is 2.20. The summed E-state index contributed by atoms with van der Waals surface area (Å²) in [5.41, 5.74) is 5.39. The molecule has 0 bridgehead atoms. The molecule has 0 radical (unpaired) electrons. The van der Waals surface area contributed by atoms with Gasteiger partial charge in [0.25, 0.3) is 0 Å². The monoisotopic (exact) mass is 242 g/mol. The number of hydrogen-bond donors (Lipinski definition) is 2. The molecule has 0 saturated carbocycles. The van der Waals surface area contributed by atoms with Crippen molar-refractivity contribution in [3.8, 4) is 0 Å². The van der Waals surface area contributed by atoms with E-state index in [1.165, 1.54) is 12.4 Å². The molecule has 1 aliphatic rings. The van der Waals surface area contributed by atoms with E-state index >= 15 is 0 Å². The molecule has 1 aliphatic heterocycles. The number of hydrogen-bond acceptors (Lipinski definition) is 6. The van der Waals surface area contributed by atoms with E-state index in [0.717, 1.165) is 12.8 Å². The van der Waals surface area contributed by atoms with Crippen LogP contribution >= 0.6 is 0 Å². The van der Waals surface area contributed by atoms with Gasteiger partial charge in [0.2, 0.25) is 0 Å². The summed E-state index contributed by atoms with van der Waals surface area (Å²) in [6.45, 7) is 0.390. The second kappa shape index (κ2) is 4.25. The predicted molar refractivity (Wildman–Crippen MR) is 61.7 cm³/mol. The Bertz CT molecular complexity index is 457. The fraction of sp³-hybridized carbons (Fsp3) is 0.556. The van der Waals surface area contributed by atoms with Crippen molar-refractivity contribution in [3.63, 3.8) is 0 Å². The number of anilines is 2. The summed E-state index contributed by atoms with van der Waals surface area (Å²) in [6.07, 6.45) is 4.40. The minimum absolute atomic E-state index is 0.298. The lowest BCUT2D eigenvalue weighted by Crippen LogP contribution is -2.25. The van der Waals surface area contributed by atoms with Crippen molar-refractivity contribution in [2.24, 2.45) is 0 Å². The molecule has 3 N–H and O–H groups in total. The SMILES string of the molecule is Nc1cnc(NCC2CCCS2(=O)=O)cn1. The molecule has 16 heavy (non-hydrogen) atoms. The van der Waals surface area contributed by atoms with Crippen molar-refractivity contribution in [1.29, 1.82) is 0 Å². The van der Waals surface area contributed by atoms with Gasteiger partial charge in [-0.25, -0.2) is 18.4 Å². The highest BCUT2D eigenvalue weighted by atomic mass is 32.2. The molecule has 2 heterocycles. The molecule has 1 unspecified atom stereocenters. The minimum Gasteiger partial charge on any atom is -0.382 e. The lowest BCUT2D eigenvalue weighted by atomic mass is 10.2. The molecule has 88 valence electrons. The van der Waals surface area contributed by atoms with Crippen LogP contribution in [0, 0.1) is 0 Å². The molecule has 1 aromatic heterocycles. The fourth-order valence-electron chi connectivity index (χ4n) is 1.74. The number of nitrogens with two attached hydrogens (primary N) is 1. The van der Waals surface area contributed by atoms with Crippen LogP contribution in [0.1, 0.15) is 12.8 Å². The zero-order chi connectivity index (χ0) is 11.6. The number of aromatic nitrogens is 2. The van der Waals surface area contributed by atoms with Crippen LogP contribution in [0.2, 0.25) is 0 Å². The molecule has 2 rings (SSSR count). The van der Waals surface area contributed by atoms with E-state index in [4.69, 9.17) is 5.73 Å². The van der Waals surface area contributed by atoms with Gasteiger partial charge >= 0.3 is 0 Å². The Balaban J connectivity index is 1.95. The van der Waals surface area contributed by atoms with Crippen LogP contribution in [0.25, 0.3) is 0 Å². The van der Waals surface area contributed by atoms with E-state index < -0.39 is 9.84 Å². The number of nitrogen functional groups attached to an aromatic ring is 1. The molecule has 0 aliphatic carbocycles. The third-order valence-corrected chi connectivity index (χ3v) is 4.92. The number of sulfone groups is 1. The number of rotatable bonds is 3. The second-order valence-electron chi connectivity index (χ2n) is 3.84. The summed E-state index contributed by atoms with van der Waals surface area (Å²) in [6, 6.07) is 0. The van der Waals surface area contributed by atoms with Crippen molar-refractivity contribution in [3.05, 3.63) is 12.4 Å². The van der Waals surface area contributed by atoms with Crippen LogP contribution in [-0.4, -0.2) is 35.9 Å². The molecule has 1 aromatic rings. The summed E-state index contributed by atoms with van der Waals surface area (Å²) in [5, 5.41) is 2.66. The molecule has 1 fully saturated rings. The van der Waals surface area contributed by atoms with Gasteiger partial charge < -0.3 is 11.1 Å². The van der Waals surface area contributed by atoms with Crippen LogP contribution in [0.3, 0.4) is 0 Å². The molecule has 0 amide bonds. The van der Waals surface area contributed by atoms with Gasteiger partial charge in [0.15, 0.2) is 9.84 Å². The van der Waals surface area contributed by atoms with Gasteiger partial charge in [0, 0.05) is 6.54 Å². The normalized spacial score (nSPS) is 23.1. The Morgan fingerprint density at radius 2 is 2.25 bits per heavy atom. The Morgan fingerprint density at radius 3 is 2.81 bits per heavy atom. The third-order valence-electron chi connectivity index (χ3n) is 2.65. The van der Waals surface area contributed by atoms with Crippen molar-refractivity contribution in [2.75, 3.05) is 23.3 Å². The Labute approximate surface area is 94.2 Å². The van der Waals surface area contributed by atoms with Gasteiger partial charge in [-0.15, -0.1) is 0 Å². The Hall–Kier alpha value is -1.37. The summed E-state index contributed by atoms with van der Waals surface area (Å²) in [7, 11) is -2.90. The summed E-state index contributed by atoms with van der Waals surface area (Å²) in [5.74, 6) is 1.20. The molecular formula is C9H14N4O2S. The van der Waals surface area contributed by atoms with Gasteiger partial charge in [-0.05, 0) is 12.8 Å². The summed E-state index contributed by atoms with van der Waals surface area (Å²) < 4.78 is 23.1. The quantitative estimate of drug-likeness (QED) is 0.777. The van der Waals surface area contributed by atoms with E-state index in [1.807, 2.05) is 0 Å². The highest BCUT2D eigenvalue weighted by molar-refractivity contribution is 7.92. The van der Waals surface area contributed by atoms with E-state index in [-0.39, 0.29) is 5.25 Å². The van der Waals surface area contributed by atoms with Gasteiger partial charge in [0.05, 0.1) is 23.4 Å². The van der Waals surface area contributed by atoms with Crippen LogP contribution in [0.15, 0.2) is 12.4 Å². The first-order chi connectivity index (χ1) is 7.58. The van der Waals surface area contributed by atoms with Crippen LogP contribution in [-0.2, 0) is 9.84 Å². The first-order valence-corrected chi connectivity index (χ1v) is 6.82. The average molecular weight is 242 g/mol. The van der Waals surface area contributed by atoms with E-state index in [9.17, 15) is 8.42 Å². The summed E-state index contributed by atoms with van der Waals surface area (Å²) in [4.78, 5) is 7.86. The molecule has 1 atom stereocenters. The zero-order valence-electron chi connectivity index (χ0n) is 8.76. The van der Waals surface area contributed by atoms with E-state index in [0.29, 0.717) is 23.9 Å². The fourth-order valence-corrected chi connectivity index (χ4v) is 3.50. The number of nitrogens with one attached hydrogen (secondary N) is 1. The molecule has 6 nitrogen and oxygen atoms in total. The highest BCUT2D eigenvalue weighted by Gasteiger charge is 2.30. The lowest BCUT2D eigenvalue weighted by Gasteiger charge is -2.10. The topological polar surface area (TPSA) is 98.0 Å². The Kier molecular flexibility index (Phi) is 2.95. The first kappa shape index (κ1) is 11.1. The second-order valence-corrected chi connectivity index (χ2v) is 6.24. The lowest BCUT2D eigenvalue weighted by molar-refractivity contribution is 0.591. The minimum atomic E-state index is -2.90. The van der Waals surface area contributed by atoms with Crippen LogP contribution in [0.5, 0.6) is 0 Å². The van der Waals surface area contributed by atoms with Crippen LogP contribution < -0.4 is 11.1 Å². The predicted octanol–water partition coefficient (Wildman–Crippen LogP) is 0.0479. The smallest absolute Gasteiger partial charge is 0.154 e. The maximum atomic E-state index is 11.5. The van der Waals surface area contributed by atoms with E-state index in [2.05, 4.69) is 15.3 Å². The van der Waals surface area contributed by atoms with Crippen molar-refractivity contribution >= 4 is 21.5 Å². The molecule has 1 saturated heterocycles. The van der Waals surface area contributed by atoms with Crippen molar-refractivity contribution < 1.29 is 8.42 Å². The van der Waals surface area contributed by atoms with Crippen LogP contribution in [0.4, 0.5) is 11.6 Å². The maximum absolute atomic E-state index is 11.5.